The summed E-state index contributed by atoms with van der Waals surface area (Å²) in [5, 5.41) is 9.29. The van der Waals surface area contributed by atoms with E-state index < -0.39 is 11.9 Å². The van der Waals surface area contributed by atoms with Crippen molar-refractivity contribution < 1.29 is 14.7 Å². The second-order valence-corrected chi connectivity index (χ2v) is 6.31. The Labute approximate surface area is 116 Å². The van der Waals surface area contributed by atoms with Gasteiger partial charge >= 0.3 is 5.97 Å². The molecule has 1 saturated carbocycles. The van der Waals surface area contributed by atoms with Crippen LogP contribution in [0.3, 0.4) is 0 Å². The molecule has 19 heavy (non-hydrogen) atoms. The number of carboxylic acids is 1. The molecule has 4 heteroatoms. The van der Waals surface area contributed by atoms with Crippen LogP contribution in [0.25, 0.3) is 0 Å². The van der Waals surface area contributed by atoms with E-state index >= 15 is 0 Å². The lowest BCUT2D eigenvalue weighted by Crippen LogP contribution is -2.46. The lowest BCUT2D eigenvalue weighted by Gasteiger charge is -2.35. The van der Waals surface area contributed by atoms with Gasteiger partial charge < -0.3 is 10.0 Å². The van der Waals surface area contributed by atoms with E-state index in [2.05, 4.69) is 13.8 Å². The Morgan fingerprint density at radius 2 is 1.63 bits per heavy atom. The molecule has 0 aliphatic heterocycles. The Bertz CT molecular complexity index is 325. The maximum Gasteiger partial charge on any atom is 0.307 e. The number of nitrogens with zero attached hydrogens (tertiary/aromatic N) is 1. The third kappa shape index (κ3) is 4.22. The molecule has 0 aromatic heterocycles. The summed E-state index contributed by atoms with van der Waals surface area (Å²) < 4.78 is 0. The monoisotopic (exact) mass is 269 g/mol. The van der Waals surface area contributed by atoms with Crippen LogP contribution in [-0.4, -0.2) is 34.5 Å². The molecule has 0 unspecified atom stereocenters. The molecule has 1 rings (SSSR count). The number of hydrogen-bond acceptors (Lipinski definition) is 2. The van der Waals surface area contributed by atoms with Crippen molar-refractivity contribution in [1.29, 1.82) is 0 Å². The highest BCUT2D eigenvalue weighted by atomic mass is 16.4. The van der Waals surface area contributed by atoms with Crippen LogP contribution in [0.4, 0.5) is 0 Å². The summed E-state index contributed by atoms with van der Waals surface area (Å²) in [7, 11) is 0. The number of amides is 1. The highest BCUT2D eigenvalue weighted by Gasteiger charge is 2.38. The largest absolute Gasteiger partial charge is 0.481 e. The molecule has 2 atom stereocenters. The van der Waals surface area contributed by atoms with E-state index in [1.807, 2.05) is 18.7 Å². The molecule has 0 aromatic rings. The van der Waals surface area contributed by atoms with E-state index in [-0.39, 0.29) is 17.9 Å². The summed E-state index contributed by atoms with van der Waals surface area (Å²) in [5.41, 5.74) is 0. The minimum absolute atomic E-state index is 0.0378. The quantitative estimate of drug-likeness (QED) is 0.835. The summed E-state index contributed by atoms with van der Waals surface area (Å²) in [4.78, 5) is 25.8. The molecular formula is C15H27NO3. The van der Waals surface area contributed by atoms with Crippen LogP contribution >= 0.6 is 0 Å². The van der Waals surface area contributed by atoms with Crippen LogP contribution in [0.5, 0.6) is 0 Å². The minimum atomic E-state index is -0.814. The van der Waals surface area contributed by atoms with Gasteiger partial charge in [0.05, 0.1) is 11.8 Å². The van der Waals surface area contributed by atoms with E-state index in [1.54, 1.807) is 0 Å². The van der Waals surface area contributed by atoms with E-state index in [1.165, 1.54) is 0 Å². The van der Waals surface area contributed by atoms with E-state index in [0.29, 0.717) is 18.9 Å². The minimum Gasteiger partial charge on any atom is -0.481 e. The van der Waals surface area contributed by atoms with Gasteiger partial charge in [-0.05, 0) is 32.6 Å². The highest BCUT2D eigenvalue weighted by Crippen LogP contribution is 2.32. The van der Waals surface area contributed by atoms with Crippen LogP contribution in [0, 0.1) is 17.8 Å². The molecule has 1 N–H and O–H groups in total. The number of aliphatic carboxylic acids is 1. The fourth-order valence-electron chi connectivity index (χ4n) is 2.88. The zero-order valence-electron chi connectivity index (χ0n) is 12.6. The van der Waals surface area contributed by atoms with E-state index in [4.69, 9.17) is 0 Å². The van der Waals surface area contributed by atoms with Gasteiger partial charge in [0.2, 0.25) is 5.91 Å². The molecule has 0 radical (unpaired) electrons. The van der Waals surface area contributed by atoms with Crippen LogP contribution in [0.15, 0.2) is 0 Å². The van der Waals surface area contributed by atoms with Gasteiger partial charge in [0.15, 0.2) is 0 Å². The molecule has 0 spiro atoms. The third-order valence-corrected chi connectivity index (χ3v) is 3.87. The summed E-state index contributed by atoms with van der Waals surface area (Å²) >= 11 is 0. The lowest BCUT2D eigenvalue weighted by molar-refractivity contribution is -0.153. The second-order valence-electron chi connectivity index (χ2n) is 6.31. The number of carbonyl (C=O) groups is 2. The number of rotatable bonds is 5. The Morgan fingerprint density at radius 3 is 2.05 bits per heavy atom. The molecule has 1 amide bonds. The van der Waals surface area contributed by atoms with Crippen molar-refractivity contribution in [2.24, 2.45) is 17.8 Å². The molecule has 1 aliphatic carbocycles. The van der Waals surface area contributed by atoms with Gasteiger partial charge in [-0.2, -0.15) is 0 Å². The Morgan fingerprint density at radius 1 is 1.11 bits per heavy atom. The summed E-state index contributed by atoms with van der Waals surface area (Å²) in [5.74, 6) is -1.19. The van der Waals surface area contributed by atoms with Crippen molar-refractivity contribution in [3.05, 3.63) is 0 Å². The van der Waals surface area contributed by atoms with Crippen molar-refractivity contribution in [3.63, 3.8) is 0 Å². The first-order valence-electron chi connectivity index (χ1n) is 7.37. The smallest absolute Gasteiger partial charge is 0.307 e. The predicted molar refractivity (Wildman–Crippen MR) is 74.8 cm³/mol. The summed E-state index contributed by atoms with van der Waals surface area (Å²) in [6.07, 6.45) is 3.25. The standard InChI is InChI=1S/C15H27NO3/c1-10(2)9-16(11(3)4)14(17)12-7-5-6-8-13(12)15(18)19/h10-13H,5-9H2,1-4H3,(H,18,19)/t12-,13+/m1/s1. The van der Waals surface area contributed by atoms with Crippen molar-refractivity contribution in [3.8, 4) is 0 Å². The SMILES string of the molecule is CC(C)CN(C(=O)[C@@H]1CCCC[C@@H]1C(=O)O)C(C)C. The zero-order valence-corrected chi connectivity index (χ0v) is 12.6. The first kappa shape index (κ1) is 16.0. The van der Waals surface area contributed by atoms with Crippen LogP contribution in [-0.2, 0) is 9.59 Å². The maximum atomic E-state index is 12.7. The lowest BCUT2D eigenvalue weighted by atomic mass is 9.78. The van der Waals surface area contributed by atoms with Crippen LogP contribution < -0.4 is 0 Å². The van der Waals surface area contributed by atoms with Crippen molar-refractivity contribution >= 4 is 11.9 Å². The van der Waals surface area contributed by atoms with E-state index in [0.717, 1.165) is 19.3 Å². The topological polar surface area (TPSA) is 57.6 Å². The summed E-state index contributed by atoms with van der Waals surface area (Å²) in [6, 6.07) is 0.131. The molecule has 0 aromatic carbocycles. The molecular weight excluding hydrogens is 242 g/mol. The fourth-order valence-corrected chi connectivity index (χ4v) is 2.88. The first-order valence-corrected chi connectivity index (χ1v) is 7.37. The van der Waals surface area contributed by atoms with E-state index in [9.17, 15) is 14.7 Å². The van der Waals surface area contributed by atoms with Gasteiger partial charge in [-0.3, -0.25) is 9.59 Å². The number of carboxylic acid groups (broad SMARTS) is 1. The number of hydrogen-bond donors (Lipinski definition) is 1. The Balaban J connectivity index is 2.84. The molecule has 0 bridgehead atoms. The normalized spacial score (nSPS) is 23.7. The Hall–Kier alpha value is -1.06. The van der Waals surface area contributed by atoms with Crippen LogP contribution in [0.1, 0.15) is 53.4 Å². The van der Waals surface area contributed by atoms with Gasteiger partial charge in [-0.25, -0.2) is 0 Å². The molecule has 4 nitrogen and oxygen atoms in total. The van der Waals surface area contributed by atoms with Gasteiger partial charge in [-0.1, -0.05) is 26.7 Å². The van der Waals surface area contributed by atoms with Crippen molar-refractivity contribution in [1.82, 2.24) is 4.90 Å². The first-order chi connectivity index (χ1) is 8.84. The summed E-state index contributed by atoms with van der Waals surface area (Å²) in [6.45, 7) is 8.87. The number of carbonyl (C=O) groups excluding carboxylic acids is 1. The Kier molecular flexibility index (Phi) is 5.83. The third-order valence-electron chi connectivity index (χ3n) is 3.87. The van der Waals surface area contributed by atoms with Gasteiger partial charge in [-0.15, -0.1) is 0 Å². The highest BCUT2D eigenvalue weighted by molar-refractivity contribution is 5.85. The molecule has 0 saturated heterocycles. The molecule has 0 heterocycles. The fraction of sp³-hybridized carbons (Fsp3) is 0.867. The average Bonchev–Trinajstić information content (AvgIpc) is 2.34. The molecule has 1 fully saturated rings. The average molecular weight is 269 g/mol. The van der Waals surface area contributed by atoms with Gasteiger partial charge in [0.1, 0.15) is 0 Å². The zero-order chi connectivity index (χ0) is 14.6. The van der Waals surface area contributed by atoms with Gasteiger partial charge in [0, 0.05) is 12.6 Å². The molecule has 1 aliphatic rings. The molecule has 110 valence electrons. The maximum absolute atomic E-state index is 12.7. The van der Waals surface area contributed by atoms with Gasteiger partial charge in [0.25, 0.3) is 0 Å². The predicted octanol–water partition coefficient (Wildman–Crippen LogP) is 2.77. The second kappa shape index (κ2) is 6.92. The van der Waals surface area contributed by atoms with Crippen LogP contribution in [0.2, 0.25) is 0 Å². The van der Waals surface area contributed by atoms with Crippen molar-refractivity contribution in [2.75, 3.05) is 6.54 Å². The van der Waals surface area contributed by atoms with Crippen molar-refractivity contribution in [2.45, 2.75) is 59.4 Å².